The Kier molecular flexibility index (Phi) is 7.68. The number of benzene rings is 1. The number of halogens is 3. The van der Waals surface area contributed by atoms with Gasteiger partial charge in [-0.3, -0.25) is 24.0 Å². The molecule has 212 valence electrons. The van der Waals surface area contributed by atoms with Crippen LogP contribution in [0.3, 0.4) is 0 Å². The number of amides is 3. The van der Waals surface area contributed by atoms with Crippen LogP contribution in [0.1, 0.15) is 39.4 Å². The lowest BCUT2D eigenvalue weighted by Gasteiger charge is -2.36. The summed E-state index contributed by atoms with van der Waals surface area (Å²) >= 11 is 0. The highest BCUT2D eigenvalue weighted by molar-refractivity contribution is 6.03. The zero-order valence-corrected chi connectivity index (χ0v) is 22.0. The average Bonchev–Trinajstić information content (AvgIpc) is 3.38. The smallest absolute Gasteiger partial charge is 0.341 e. The van der Waals surface area contributed by atoms with Crippen LogP contribution in [0.2, 0.25) is 0 Å². The Labute approximate surface area is 232 Å². The normalized spacial score (nSPS) is 14.2. The van der Waals surface area contributed by atoms with E-state index in [0.29, 0.717) is 48.1 Å². The predicted octanol–water partition coefficient (Wildman–Crippen LogP) is 3.86. The van der Waals surface area contributed by atoms with E-state index in [2.05, 4.69) is 20.4 Å². The van der Waals surface area contributed by atoms with Gasteiger partial charge in [0.05, 0.1) is 5.52 Å². The molecule has 3 amide bonds. The molecule has 3 aromatic heterocycles. The van der Waals surface area contributed by atoms with Crippen molar-refractivity contribution in [3.05, 3.63) is 84.1 Å². The molecule has 0 unspecified atom stereocenters. The Bertz CT molecular complexity index is 1580. The molecule has 0 radical (unpaired) electrons. The molecule has 0 saturated carbocycles. The number of hydrogen-bond donors (Lipinski definition) is 1. The van der Waals surface area contributed by atoms with Crippen LogP contribution in [-0.2, 0) is 17.5 Å². The van der Waals surface area contributed by atoms with E-state index in [1.165, 1.54) is 10.7 Å². The van der Waals surface area contributed by atoms with Gasteiger partial charge in [-0.2, -0.15) is 18.3 Å². The summed E-state index contributed by atoms with van der Waals surface area (Å²) in [6.45, 7) is 1.04. The van der Waals surface area contributed by atoms with Crippen LogP contribution in [0.5, 0.6) is 0 Å². The Hall–Kier alpha value is -4.81. The molecule has 41 heavy (non-hydrogen) atoms. The summed E-state index contributed by atoms with van der Waals surface area (Å²) in [7, 11) is 1.77. The van der Waals surface area contributed by atoms with E-state index >= 15 is 0 Å². The van der Waals surface area contributed by atoms with Crippen molar-refractivity contribution in [3.63, 3.8) is 0 Å². The lowest BCUT2D eigenvalue weighted by atomic mass is 10.0. The second-order valence-electron chi connectivity index (χ2n) is 9.72. The minimum Gasteiger partial charge on any atom is -0.341 e. The number of likely N-dealkylation sites (tertiary alicyclic amines) is 1. The molecule has 5 rings (SSSR count). The zero-order valence-electron chi connectivity index (χ0n) is 22.0. The molecular formula is C28H26F3N7O3. The van der Waals surface area contributed by atoms with E-state index in [9.17, 15) is 27.6 Å². The third-order valence-electron chi connectivity index (χ3n) is 6.99. The first-order valence-electron chi connectivity index (χ1n) is 12.9. The largest absolute Gasteiger partial charge is 0.433 e. The van der Waals surface area contributed by atoms with Crippen molar-refractivity contribution in [1.82, 2.24) is 29.5 Å². The summed E-state index contributed by atoms with van der Waals surface area (Å²) in [5.41, 5.74) is -0.0102. The molecule has 1 aliphatic rings. The van der Waals surface area contributed by atoms with Crippen molar-refractivity contribution in [1.29, 1.82) is 0 Å². The molecule has 4 heterocycles. The Morgan fingerprint density at radius 1 is 1.05 bits per heavy atom. The Balaban J connectivity index is 1.17. The van der Waals surface area contributed by atoms with Crippen LogP contribution in [0, 0.1) is 0 Å². The predicted molar refractivity (Wildman–Crippen MR) is 143 cm³/mol. The number of aromatic nitrogens is 4. The summed E-state index contributed by atoms with van der Waals surface area (Å²) in [5.74, 6) is -0.972. The van der Waals surface area contributed by atoms with Crippen molar-refractivity contribution in [2.75, 3.05) is 25.5 Å². The summed E-state index contributed by atoms with van der Waals surface area (Å²) in [4.78, 5) is 49.0. The maximum atomic E-state index is 13.0. The number of nitrogens with one attached hydrogen (secondary N) is 1. The van der Waals surface area contributed by atoms with Gasteiger partial charge in [-0.05, 0) is 55.3 Å². The minimum atomic E-state index is -4.66. The van der Waals surface area contributed by atoms with Gasteiger partial charge in [0.2, 0.25) is 5.91 Å². The molecule has 1 fully saturated rings. The fraction of sp³-hybridized carbons (Fsp3) is 0.286. The fourth-order valence-electron chi connectivity index (χ4n) is 4.75. The van der Waals surface area contributed by atoms with Crippen LogP contribution >= 0.6 is 0 Å². The number of piperidine rings is 1. The highest BCUT2D eigenvalue weighted by Crippen LogP contribution is 2.27. The summed E-state index contributed by atoms with van der Waals surface area (Å²) in [5, 5.41) is 7.62. The van der Waals surface area contributed by atoms with Crippen LogP contribution < -0.4 is 5.32 Å². The first-order valence-corrected chi connectivity index (χ1v) is 12.9. The topological polar surface area (TPSA) is 113 Å². The molecule has 1 saturated heterocycles. The maximum absolute atomic E-state index is 13.0. The number of hydrogen-bond acceptors (Lipinski definition) is 6. The molecule has 10 nitrogen and oxygen atoms in total. The fourth-order valence-corrected chi connectivity index (χ4v) is 4.75. The molecule has 0 aliphatic carbocycles. The van der Waals surface area contributed by atoms with Gasteiger partial charge in [-0.25, -0.2) is 4.98 Å². The lowest BCUT2D eigenvalue weighted by molar-refractivity contribution is -0.141. The molecule has 1 aliphatic heterocycles. The molecule has 1 N–H and O–H groups in total. The SMILES string of the molecule is CN(C(=O)c1ccncc1)C1CCN(C(=O)Cn2cc3cc(NC(=O)c4cccc(C(F)(F)F)n4)ccc3n2)CC1. The average molecular weight is 566 g/mol. The van der Waals surface area contributed by atoms with Gasteiger partial charge >= 0.3 is 6.18 Å². The van der Waals surface area contributed by atoms with E-state index in [1.54, 1.807) is 65.8 Å². The van der Waals surface area contributed by atoms with Crippen LogP contribution in [-0.4, -0.2) is 73.4 Å². The number of fused-ring (bicyclic) bond motifs is 1. The van der Waals surface area contributed by atoms with Gasteiger partial charge in [0.15, 0.2) is 0 Å². The van der Waals surface area contributed by atoms with E-state index in [0.717, 1.165) is 12.1 Å². The Morgan fingerprint density at radius 2 is 1.78 bits per heavy atom. The number of anilines is 1. The Morgan fingerprint density at radius 3 is 2.49 bits per heavy atom. The zero-order chi connectivity index (χ0) is 29.1. The number of nitrogens with zero attached hydrogens (tertiary/aromatic N) is 6. The van der Waals surface area contributed by atoms with Gasteiger partial charge in [0.1, 0.15) is 17.9 Å². The molecule has 13 heteroatoms. The molecule has 0 bridgehead atoms. The summed E-state index contributed by atoms with van der Waals surface area (Å²) in [6, 6.07) is 11.3. The molecule has 1 aromatic carbocycles. The quantitative estimate of drug-likeness (QED) is 0.380. The van der Waals surface area contributed by atoms with Crippen LogP contribution in [0.15, 0.2) is 67.1 Å². The second-order valence-corrected chi connectivity index (χ2v) is 9.72. The number of alkyl halides is 3. The summed E-state index contributed by atoms with van der Waals surface area (Å²) < 4.78 is 40.3. The molecule has 0 spiro atoms. The maximum Gasteiger partial charge on any atom is 0.433 e. The van der Waals surface area contributed by atoms with Crippen LogP contribution in [0.25, 0.3) is 10.9 Å². The van der Waals surface area contributed by atoms with Crippen molar-refractivity contribution in [2.24, 2.45) is 0 Å². The number of rotatable bonds is 6. The van der Waals surface area contributed by atoms with Crippen molar-refractivity contribution in [2.45, 2.75) is 31.6 Å². The summed E-state index contributed by atoms with van der Waals surface area (Å²) in [6.07, 6.45) is 1.48. The first kappa shape index (κ1) is 27.7. The third kappa shape index (κ3) is 6.34. The van der Waals surface area contributed by atoms with Crippen molar-refractivity contribution < 1.29 is 27.6 Å². The number of carbonyl (C=O) groups excluding carboxylic acids is 3. The first-order chi connectivity index (χ1) is 19.6. The van der Waals surface area contributed by atoms with E-state index in [1.807, 2.05) is 0 Å². The number of carbonyl (C=O) groups is 3. The standard InChI is InChI=1S/C28H26F3N7O3/c1-36(27(41)18-7-11-32-12-8-18)21-9-13-37(14-10-21)25(39)17-38-16-19-15-20(5-6-22(19)35-38)33-26(40)23-3-2-4-24(34-23)28(29,30)31/h2-8,11-12,15-16,21H,9-10,13-14,17H2,1H3,(H,33,40). The van der Waals surface area contributed by atoms with Gasteiger partial charge in [0, 0.05) is 61.4 Å². The van der Waals surface area contributed by atoms with Gasteiger partial charge in [0.25, 0.3) is 11.8 Å². The number of pyridine rings is 2. The van der Waals surface area contributed by atoms with Crippen molar-refractivity contribution >= 4 is 34.3 Å². The minimum absolute atomic E-state index is 0.0149. The highest BCUT2D eigenvalue weighted by atomic mass is 19.4. The monoisotopic (exact) mass is 565 g/mol. The molecular weight excluding hydrogens is 539 g/mol. The second kappa shape index (κ2) is 11.4. The van der Waals surface area contributed by atoms with Gasteiger partial charge in [-0.1, -0.05) is 6.07 Å². The van der Waals surface area contributed by atoms with E-state index < -0.39 is 17.8 Å². The van der Waals surface area contributed by atoms with E-state index in [-0.39, 0.29) is 30.1 Å². The third-order valence-corrected chi connectivity index (χ3v) is 6.99. The van der Waals surface area contributed by atoms with Crippen LogP contribution in [0.4, 0.5) is 18.9 Å². The molecule has 0 atom stereocenters. The van der Waals surface area contributed by atoms with Gasteiger partial charge in [-0.15, -0.1) is 0 Å². The van der Waals surface area contributed by atoms with Gasteiger partial charge < -0.3 is 15.1 Å². The molecule has 4 aromatic rings. The lowest BCUT2D eigenvalue weighted by Crippen LogP contribution is -2.48. The van der Waals surface area contributed by atoms with Crippen molar-refractivity contribution in [3.8, 4) is 0 Å². The van der Waals surface area contributed by atoms with E-state index in [4.69, 9.17) is 0 Å². The highest BCUT2D eigenvalue weighted by Gasteiger charge is 2.33.